The molecule has 33 heavy (non-hydrogen) atoms. The van der Waals surface area contributed by atoms with Gasteiger partial charge >= 0.3 is 201 Å². The Bertz CT molecular complexity index is 1030. The summed E-state index contributed by atoms with van der Waals surface area (Å²) in [4.78, 5) is 0. The number of hydrogen-bond donors (Lipinski definition) is 0. The van der Waals surface area contributed by atoms with E-state index < -0.39 is 7.26 Å². The number of rotatable bonds is 8. The van der Waals surface area contributed by atoms with Crippen molar-refractivity contribution in [2.75, 3.05) is 0 Å². The Kier molecular flexibility index (Phi) is 6.87. The summed E-state index contributed by atoms with van der Waals surface area (Å²) in [7, 11) is -2.38. The van der Waals surface area contributed by atoms with Crippen molar-refractivity contribution in [2.45, 2.75) is 45.7 Å². The van der Waals surface area contributed by atoms with E-state index in [2.05, 4.69) is 149 Å². The van der Waals surface area contributed by atoms with E-state index >= 15 is 0 Å². The minimum absolute atomic E-state index is 0.0787. The van der Waals surface area contributed by atoms with Gasteiger partial charge in [0.2, 0.25) is 0 Å². The van der Waals surface area contributed by atoms with E-state index in [1.165, 1.54) is 21.5 Å². The topological polar surface area (TPSA) is 0 Å². The molecular formula is C32H37P. The van der Waals surface area contributed by atoms with Crippen molar-refractivity contribution in [2.24, 2.45) is 5.41 Å². The molecule has 0 atom stereocenters. The monoisotopic (exact) mass is 452 g/mol. The van der Waals surface area contributed by atoms with E-state index in [0.29, 0.717) is 0 Å². The van der Waals surface area contributed by atoms with Gasteiger partial charge < -0.3 is 0 Å². The quantitative estimate of drug-likeness (QED) is 0.249. The summed E-state index contributed by atoms with van der Waals surface area (Å²) in [5.41, 5.74) is 1.59. The van der Waals surface area contributed by atoms with E-state index in [-0.39, 0.29) is 10.6 Å². The van der Waals surface area contributed by atoms with Crippen molar-refractivity contribution in [3.63, 3.8) is 0 Å². The first-order valence-electron chi connectivity index (χ1n) is 12.1. The summed E-state index contributed by atoms with van der Waals surface area (Å²) in [6.07, 6.45) is 2.22. The molecule has 0 amide bonds. The molecule has 0 nitrogen and oxygen atoms in total. The summed E-state index contributed by atoms with van der Waals surface area (Å²) in [5.74, 6) is 0. The molecule has 4 rings (SSSR count). The molecule has 0 spiro atoms. The average molecular weight is 453 g/mol. The van der Waals surface area contributed by atoms with Gasteiger partial charge in [-0.05, 0) is 0 Å². The van der Waals surface area contributed by atoms with E-state index in [4.69, 9.17) is 0 Å². The van der Waals surface area contributed by atoms with Gasteiger partial charge in [0.15, 0.2) is 0 Å². The van der Waals surface area contributed by atoms with Crippen LogP contribution in [0.25, 0.3) is 0 Å². The van der Waals surface area contributed by atoms with E-state index in [0.717, 1.165) is 12.8 Å². The van der Waals surface area contributed by atoms with Gasteiger partial charge in [0.25, 0.3) is 0 Å². The van der Waals surface area contributed by atoms with Gasteiger partial charge in [0.1, 0.15) is 0 Å². The molecular weight excluding hydrogens is 415 g/mol. The fourth-order valence-corrected chi connectivity index (χ4v) is 12.4. The molecule has 0 aromatic heterocycles. The Balaban J connectivity index is 1.90. The van der Waals surface area contributed by atoms with Crippen LogP contribution in [-0.2, 0) is 6.42 Å². The van der Waals surface area contributed by atoms with Crippen LogP contribution in [0.5, 0.6) is 0 Å². The number of hydrogen-bond acceptors (Lipinski definition) is 0. The maximum absolute atomic E-state index is 2.53. The van der Waals surface area contributed by atoms with Crippen molar-refractivity contribution >= 4 is 23.2 Å². The zero-order valence-electron chi connectivity index (χ0n) is 20.5. The van der Waals surface area contributed by atoms with Crippen molar-refractivity contribution < 1.29 is 0 Å². The van der Waals surface area contributed by atoms with E-state index in [1.807, 2.05) is 0 Å². The fraction of sp³-hybridized carbons (Fsp3) is 0.250. The Morgan fingerprint density at radius 3 is 1.18 bits per heavy atom. The minimum atomic E-state index is -2.38. The first-order valence-corrected chi connectivity index (χ1v) is 14.1. The molecule has 170 valence electrons. The maximum atomic E-state index is 2.53. The Hall–Kier alpha value is -2.69. The van der Waals surface area contributed by atoms with Crippen LogP contribution in [0.2, 0.25) is 0 Å². The number of benzene rings is 4. The van der Waals surface area contributed by atoms with Gasteiger partial charge in [-0.25, -0.2) is 0 Å². The predicted octanol–water partition coefficient (Wildman–Crippen LogP) is 7.15. The Morgan fingerprint density at radius 2 is 0.818 bits per heavy atom. The van der Waals surface area contributed by atoms with Crippen LogP contribution in [0, 0.1) is 5.41 Å². The van der Waals surface area contributed by atoms with Crippen molar-refractivity contribution in [1.82, 2.24) is 0 Å². The zero-order valence-corrected chi connectivity index (χ0v) is 21.5. The summed E-state index contributed by atoms with van der Waals surface area (Å²) >= 11 is 0. The van der Waals surface area contributed by atoms with Crippen molar-refractivity contribution in [3.8, 4) is 0 Å². The second-order valence-electron chi connectivity index (χ2n) is 10.7. The van der Waals surface area contributed by atoms with Crippen LogP contribution in [0.3, 0.4) is 0 Å². The van der Waals surface area contributed by atoms with Crippen LogP contribution in [0.1, 0.15) is 39.7 Å². The van der Waals surface area contributed by atoms with Gasteiger partial charge in [0.05, 0.1) is 0 Å². The normalized spacial score (nSPS) is 13.0. The summed E-state index contributed by atoms with van der Waals surface area (Å²) in [6, 6.07) is 44.9. The van der Waals surface area contributed by atoms with Gasteiger partial charge in [-0.2, -0.15) is 0 Å². The molecule has 0 bridgehead atoms. The molecule has 0 radical (unpaired) electrons. The first kappa shape index (κ1) is 23.5. The van der Waals surface area contributed by atoms with Crippen LogP contribution in [0.4, 0.5) is 0 Å². The summed E-state index contributed by atoms with van der Waals surface area (Å²) in [5, 5.41) is 4.55. The molecule has 0 aliphatic heterocycles. The van der Waals surface area contributed by atoms with Gasteiger partial charge in [0, 0.05) is 0 Å². The molecule has 0 aliphatic carbocycles. The molecule has 4 aromatic carbocycles. The SMILES string of the molecule is CC(C)(Cc1ccccc1)CC(C)(C)[PH](c1ccccc1)(c1ccccc1)c1ccccc1. The second kappa shape index (κ2) is 9.66. The molecule has 0 N–H and O–H groups in total. The molecule has 0 saturated carbocycles. The predicted molar refractivity (Wildman–Crippen MR) is 149 cm³/mol. The molecule has 4 aromatic rings. The third-order valence-corrected chi connectivity index (χ3v) is 12.9. The van der Waals surface area contributed by atoms with Crippen LogP contribution < -0.4 is 15.9 Å². The summed E-state index contributed by atoms with van der Waals surface area (Å²) in [6.45, 7) is 9.95. The zero-order chi connectivity index (χ0) is 23.4. The Morgan fingerprint density at radius 1 is 0.485 bits per heavy atom. The molecule has 1 heteroatoms. The third kappa shape index (κ3) is 4.83. The van der Waals surface area contributed by atoms with E-state index in [1.54, 1.807) is 0 Å². The standard InChI is InChI=1S/C32H37P/c1-31(2,25-27-17-9-5-10-18-27)26-32(3,4)33(28-19-11-6-12-20-28,29-21-13-7-14-22-29)30-23-15-8-16-24-30/h5-24,33H,25-26H2,1-4H3. The van der Waals surface area contributed by atoms with Crippen LogP contribution in [-0.4, -0.2) is 5.16 Å². The average Bonchev–Trinajstić information content (AvgIpc) is 2.81. The molecule has 0 aliphatic rings. The second-order valence-corrected chi connectivity index (χ2v) is 15.3. The molecule has 0 saturated heterocycles. The Labute approximate surface area is 201 Å². The van der Waals surface area contributed by atoms with Gasteiger partial charge in [-0.1, -0.05) is 0 Å². The fourth-order valence-electron chi connectivity index (χ4n) is 6.28. The molecule has 0 fully saturated rings. The van der Waals surface area contributed by atoms with Gasteiger partial charge in [-0.15, -0.1) is 0 Å². The third-order valence-electron chi connectivity index (χ3n) is 7.08. The van der Waals surface area contributed by atoms with Crippen molar-refractivity contribution in [1.29, 1.82) is 0 Å². The molecule has 0 unspecified atom stereocenters. The van der Waals surface area contributed by atoms with Crippen LogP contribution >= 0.6 is 7.26 Å². The first-order chi connectivity index (χ1) is 15.9. The van der Waals surface area contributed by atoms with E-state index in [9.17, 15) is 0 Å². The van der Waals surface area contributed by atoms with Crippen LogP contribution in [0.15, 0.2) is 121 Å². The molecule has 0 heterocycles. The van der Waals surface area contributed by atoms with Crippen molar-refractivity contribution in [3.05, 3.63) is 127 Å². The van der Waals surface area contributed by atoms with Gasteiger partial charge in [-0.3, -0.25) is 0 Å². The summed E-state index contributed by atoms with van der Waals surface area (Å²) < 4.78 is 0.